The number of esters is 3. The van der Waals surface area contributed by atoms with Crippen molar-refractivity contribution in [3.8, 4) is 0 Å². The number of aliphatic hydroxyl groups is 2. The summed E-state index contributed by atoms with van der Waals surface area (Å²) in [6, 6.07) is 0. The van der Waals surface area contributed by atoms with Gasteiger partial charge in [-0.05, 0) is 161 Å². The fourth-order valence-corrected chi connectivity index (χ4v) is 13.6. The van der Waals surface area contributed by atoms with Gasteiger partial charge in [-0.1, -0.05) is 358 Å². The third kappa shape index (κ3) is 89.5. The van der Waals surface area contributed by atoms with Gasteiger partial charge in [0.15, 0.2) is 6.10 Å². The van der Waals surface area contributed by atoms with Gasteiger partial charge in [-0.25, -0.2) is 9.13 Å². The first-order valence-electron chi connectivity index (χ1n) is 45.4. The van der Waals surface area contributed by atoms with E-state index in [-0.39, 0.29) is 19.3 Å². The van der Waals surface area contributed by atoms with Crippen molar-refractivity contribution in [3.05, 3.63) is 170 Å². The summed E-state index contributed by atoms with van der Waals surface area (Å²) in [5.41, 5.74) is 0. The predicted octanol–water partition coefficient (Wildman–Crippen LogP) is 27.9. The molecule has 16 nitrogen and oxygen atoms in total. The number of phosphoric ester groups is 2. The molecule has 0 heterocycles. The van der Waals surface area contributed by atoms with Crippen LogP contribution in [0.5, 0.6) is 0 Å². The molecule has 0 saturated carbocycles. The first-order chi connectivity index (χ1) is 56.2. The van der Waals surface area contributed by atoms with Crippen molar-refractivity contribution in [2.24, 2.45) is 0 Å². The summed E-state index contributed by atoms with van der Waals surface area (Å²) in [5.74, 6) is -1.60. The Balaban J connectivity index is 4.67. The summed E-state index contributed by atoms with van der Waals surface area (Å²) in [6.07, 6.45) is 114. The van der Waals surface area contributed by atoms with Crippen molar-refractivity contribution in [3.63, 3.8) is 0 Å². The topological polar surface area (TPSA) is 231 Å². The van der Waals surface area contributed by atoms with E-state index in [4.69, 9.17) is 32.3 Å². The van der Waals surface area contributed by atoms with Crippen LogP contribution in [0.2, 0.25) is 0 Å². The van der Waals surface area contributed by atoms with Crippen LogP contribution in [0.1, 0.15) is 367 Å². The minimum Gasteiger partial charge on any atom is -0.463 e. The summed E-state index contributed by atoms with van der Waals surface area (Å²) in [5, 5.41) is 20.7. The molecule has 0 amide bonds. The zero-order valence-electron chi connectivity index (χ0n) is 72.4. The quantitative estimate of drug-likeness (QED) is 0.0146. The highest BCUT2D eigenvalue weighted by atomic mass is 31.2. The fourth-order valence-electron chi connectivity index (χ4n) is 12.0. The van der Waals surface area contributed by atoms with E-state index in [1.54, 1.807) is 0 Å². The van der Waals surface area contributed by atoms with Gasteiger partial charge in [0.1, 0.15) is 25.4 Å². The van der Waals surface area contributed by atoms with Crippen molar-refractivity contribution in [2.75, 3.05) is 39.6 Å². The van der Waals surface area contributed by atoms with Gasteiger partial charge in [0.2, 0.25) is 0 Å². The number of rotatable bonds is 85. The van der Waals surface area contributed by atoms with Gasteiger partial charge in [-0.2, -0.15) is 0 Å². The van der Waals surface area contributed by atoms with Gasteiger partial charge in [0.05, 0.1) is 26.4 Å². The van der Waals surface area contributed by atoms with E-state index >= 15 is 0 Å². The van der Waals surface area contributed by atoms with Crippen molar-refractivity contribution in [1.29, 1.82) is 0 Å². The van der Waals surface area contributed by atoms with Crippen molar-refractivity contribution >= 4 is 33.6 Å². The van der Waals surface area contributed by atoms with Crippen LogP contribution in [-0.4, -0.2) is 95.9 Å². The Morgan fingerprint density at radius 2 is 0.461 bits per heavy atom. The Kier molecular flexibility index (Phi) is 84.3. The fraction of sp³-hybridized carbons (Fsp3) is 0.680. The smallest absolute Gasteiger partial charge is 0.463 e. The minimum atomic E-state index is -4.95. The highest BCUT2D eigenvalue weighted by Crippen LogP contribution is 2.45. The maximum Gasteiger partial charge on any atom is 0.472 e. The first kappa shape index (κ1) is 110. The Bertz CT molecular complexity index is 2770. The second-order valence-corrected chi connectivity index (χ2v) is 32.9. The molecule has 0 aliphatic heterocycles. The lowest BCUT2D eigenvalue weighted by Crippen LogP contribution is -2.30. The number of ether oxygens (including phenoxy) is 3. The van der Waals surface area contributed by atoms with E-state index < -0.39 is 91.5 Å². The van der Waals surface area contributed by atoms with Crippen LogP contribution in [-0.2, 0) is 55.8 Å². The van der Waals surface area contributed by atoms with Gasteiger partial charge in [0.25, 0.3) is 0 Å². The van der Waals surface area contributed by atoms with E-state index in [9.17, 15) is 43.5 Å². The molecule has 0 fully saturated rings. The maximum atomic E-state index is 13.1. The van der Waals surface area contributed by atoms with Crippen molar-refractivity contribution in [2.45, 2.75) is 386 Å². The molecule has 0 rings (SSSR count). The number of hydrogen-bond donors (Lipinski definition) is 4. The van der Waals surface area contributed by atoms with E-state index in [1.165, 1.54) is 116 Å². The van der Waals surface area contributed by atoms with E-state index in [0.29, 0.717) is 19.3 Å². The summed E-state index contributed by atoms with van der Waals surface area (Å²) in [4.78, 5) is 59.0. The van der Waals surface area contributed by atoms with Gasteiger partial charge in [-0.15, -0.1) is 0 Å². The van der Waals surface area contributed by atoms with E-state index in [1.807, 2.05) is 0 Å². The molecule has 5 unspecified atom stereocenters. The molecular weight excluding hydrogens is 1480 g/mol. The SMILES string of the molecule is CC/C=C\C/C=C\C/C=C\C/C=C\C/C=C\C/C=C\CCCCCCCCCCC(=O)OCC(COP(=O)(O)OCC(O)COP(=O)(O)OCC(O)COC(=O)CCCCCCCCCCCCCCC/C=C\C/C=C\C/C=C\C/C=C\CCCCC)OC(=O)CCCCCCCCC/C=C\C/C=C\C/C=C\C/C=C\CCCCC. The Labute approximate surface area is 701 Å². The third-order valence-corrected chi connectivity index (χ3v) is 20.8. The molecule has 658 valence electrons. The molecule has 115 heavy (non-hydrogen) atoms. The van der Waals surface area contributed by atoms with E-state index in [0.717, 1.165) is 193 Å². The first-order valence-corrected chi connectivity index (χ1v) is 48.4. The van der Waals surface area contributed by atoms with Gasteiger partial charge in [-0.3, -0.25) is 32.5 Å². The highest BCUT2D eigenvalue weighted by Gasteiger charge is 2.29. The Morgan fingerprint density at radius 3 is 0.730 bits per heavy atom. The standard InChI is InChI=1S/C97H164O16P2/c1-4-7-10-13-16-19-22-25-28-31-34-37-40-42-44-45-47-49-51-53-56-59-62-65-68-71-74-77-80-83-95(100)107-86-92(98)87-109-114(103,104)110-88-93(99)89-111-115(105,106)112-91-94(113-97(102)85-82-79-76-73-70-67-64-61-58-55-50-39-36-33-30-27-24-21-18-15-12-9-6-3)90-108-96(101)84-81-78-75-72-69-66-63-60-57-54-52-48-46-43-41-38-35-32-29-26-23-20-17-14-11-8-5-2/h8,11,16-21,25-30,34-39,42-44,46,52,54-55,58,92-94,98-99H,4-7,9-10,12-15,22-24,31-33,40-41,45,47-51,53,56-57,59-91H2,1-3H3,(H,103,104)(H,105,106)/b11-8-,19-16-,20-17-,21-18-,28-25-,29-26-,30-27-,37-34-,38-35-,39-36-,44-42-,46-43-,54-52-,58-55-. The Hall–Kier alpha value is -5.09. The lowest BCUT2D eigenvalue weighted by Gasteiger charge is -2.21. The molecule has 0 aromatic rings. The maximum absolute atomic E-state index is 13.1. The second-order valence-electron chi connectivity index (χ2n) is 30.0. The van der Waals surface area contributed by atoms with Gasteiger partial charge >= 0.3 is 33.6 Å². The monoisotopic (exact) mass is 1650 g/mol. The zero-order chi connectivity index (χ0) is 83.6. The van der Waals surface area contributed by atoms with Gasteiger partial charge < -0.3 is 34.2 Å². The molecule has 4 N–H and O–H groups in total. The molecule has 0 saturated heterocycles. The minimum absolute atomic E-state index is 0.0849. The molecule has 0 aromatic carbocycles. The highest BCUT2D eigenvalue weighted by molar-refractivity contribution is 7.47. The predicted molar refractivity (Wildman–Crippen MR) is 482 cm³/mol. The number of hydrogen-bond acceptors (Lipinski definition) is 14. The molecule has 5 atom stereocenters. The summed E-state index contributed by atoms with van der Waals surface area (Å²) >= 11 is 0. The van der Waals surface area contributed by atoms with Crippen LogP contribution in [0.25, 0.3) is 0 Å². The van der Waals surface area contributed by atoms with Crippen LogP contribution >= 0.6 is 15.6 Å². The van der Waals surface area contributed by atoms with Crippen LogP contribution in [0.3, 0.4) is 0 Å². The van der Waals surface area contributed by atoms with Crippen LogP contribution in [0.15, 0.2) is 170 Å². The number of carbonyl (C=O) groups is 3. The number of aliphatic hydroxyl groups excluding tert-OH is 2. The summed E-state index contributed by atoms with van der Waals surface area (Å²) < 4.78 is 61.5. The molecule has 0 aliphatic carbocycles. The van der Waals surface area contributed by atoms with Gasteiger partial charge in [0, 0.05) is 19.3 Å². The molecular formula is C97H164O16P2. The number of carbonyl (C=O) groups excluding carboxylic acids is 3. The molecule has 0 aromatic heterocycles. The molecule has 0 spiro atoms. The molecule has 0 bridgehead atoms. The van der Waals surface area contributed by atoms with Crippen LogP contribution < -0.4 is 0 Å². The van der Waals surface area contributed by atoms with Crippen molar-refractivity contribution < 1.29 is 75.8 Å². The molecule has 0 aliphatic rings. The molecule has 18 heteroatoms. The summed E-state index contributed by atoms with van der Waals surface area (Å²) in [7, 11) is -9.82. The number of allylic oxidation sites excluding steroid dienone is 28. The zero-order valence-corrected chi connectivity index (χ0v) is 74.2. The average Bonchev–Trinajstić information content (AvgIpc) is 0.900. The average molecular weight is 1650 g/mol. The summed E-state index contributed by atoms with van der Waals surface area (Å²) in [6.45, 7) is 2.52. The molecule has 0 radical (unpaired) electrons. The van der Waals surface area contributed by atoms with Crippen molar-refractivity contribution in [1.82, 2.24) is 0 Å². The Morgan fingerprint density at radius 1 is 0.252 bits per heavy atom. The van der Waals surface area contributed by atoms with E-state index in [2.05, 4.69) is 191 Å². The lowest BCUT2D eigenvalue weighted by molar-refractivity contribution is -0.161. The largest absolute Gasteiger partial charge is 0.472 e. The lowest BCUT2D eigenvalue weighted by atomic mass is 10.0. The number of phosphoric acid groups is 2. The normalized spacial score (nSPS) is 14.6. The second kappa shape index (κ2) is 88.2. The number of unbranched alkanes of at least 4 members (excludes halogenated alkanes) is 34. The van der Waals surface area contributed by atoms with Crippen LogP contribution in [0.4, 0.5) is 0 Å². The third-order valence-electron chi connectivity index (χ3n) is 18.9. The van der Waals surface area contributed by atoms with Crippen LogP contribution in [0, 0.1) is 0 Å².